The lowest BCUT2D eigenvalue weighted by molar-refractivity contribution is -0.384. The molecule has 94 valence electrons. The number of nitrogens with two attached hydrogens (primary N) is 1. The Labute approximate surface area is 109 Å². The van der Waals surface area contributed by atoms with Crippen molar-refractivity contribution in [1.82, 2.24) is 4.98 Å². The zero-order valence-electron chi connectivity index (χ0n) is 9.83. The summed E-state index contributed by atoms with van der Waals surface area (Å²) in [5.74, 6) is 2.79. The molecule has 0 fully saturated rings. The van der Waals surface area contributed by atoms with Crippen molar-refractivity contribution in [2.24, 2.45) is 0 Å². The van der Waals surface area contributed by atoms with Crippen LogP contribution in [0, 0.1) is 22.5 Å². The van der Waals surface area contributed by atoms with E-state index in [9.17, 15) is 10.1 Å². The van der Waals surface area contributed by atoms with E-state index < -0.39 is 4.92 Å². The van der Waals surface area contributed by atoms with Gasteiger partial charge in [-0.3, -0.25) is 10.1 Å². The number of hydrogen-bond acceptors (Lipinski definition) is 5. The summed E-state index contributed by atoms with van der Waals surface area (Å²) in [6.45, 7) is 0. The molecule has 0 atom stereocenters. The largest absolute Gasteiger partial charge is 0.378 e. The van der Waals surface area contributed by atoms with Gasteiger partial charge in [0, 0.05) is 17.3 Å². The molecule has 1 aromatic heterocycles. The van der Waals surface area contributed by atoms with Crippen molar-refractivity contribution in [3.63, 3.8) is 0 Å². The van der Waals surface area contributed by atoms with Crippen molar-refractivity contribution in [3.8, 4) is 12.3 Å². The molecule has 1 aromatic carbocycles. The van der Waals surface area contributed by atoms with E-state index in [1.807, 2.05) is 0 Å². The average molecular weight is 254 g/mol. The van der Waals surface area contributed by atoms with E-state index in [1.165, 1.54) is 12.1 Å². The van der Waals surface area contributed by atoms with Gasteiger partial charge in [-0.05, 0) is 24.3 Å². The number of pyridine rings is 1. The van der Waals surface area contributed by atoms with Crippen LogP contribution >= 0.6 is 0 Å². The Kier molecular flexibility index (Phi) is 3.30. The highest BCUT2D eigenvalue weighted by atomic mass is 16.6. The van der Waals surface area contributed by atoms with Crippen molar-refractivity contribution in [2.75, 3.05) is 11.1 Å². The summed E-state index contributed by atoms with van der Waals surface area (Å²) in [7, 11) is 0. The third kappa shape index (κ3) is 2.79. The lowest BCUT2D eigenvalue weighted by atomic mass is 10.2. The molecule has 0 spiro atoms. The molecular weight excluding hydrogens is 244 g/mol. The Morgan fingerprint density at radius 2 is 2.16 bits per heavy atom. The first kappa shape index (κ1) is 12.4. The minimum absolute atomic E-state index is 0.136. The fourth-order valence-electron chi connectivity index (χ4n) is 1.53. The van der Waals surface area contributed by atoms with Crippen molar-refractivity contribution in [3.05, 3.63) is 52.1 Å². The molecule has 1 heterocycles. The van der Waals surface area contributed by atoms with Crippen LogP contribution in [-0.4, -0.2) is 9.91 Å². The molecule has 6 heteroatoms. The maximum atomic E-state index is 10.6. The van der Waals surface area contributed by atoms with Crippen LogP contribution in [0.2, 0.25) is 0 Å². The minimum Gasteiger partial charge on any atom is -0.378 e. The number of hydrogen-bond donors (Lipinski definition) is 2. The molecule has 2 rings (SSSR count). The van der Waals surface area contributed by atoms with Crippen molar-refractivity contribution >= 4 is 23.0 Å². The highest BCUT2D eigenvalue weighted by Gasteiger charge is 2.12. The van der Waals surface area contributed by atoms with Crippen LogP contribution in [0.15, 0.2) is 36.4 Å². The summed E-state index contributed by atoms with van der Waals surface area (Å²) in [6.07, 6.45) is 5.30. The van der Waals surface area contributed by atoms with Crippen LogP contribution in [0.4, 0.5) is 23.0 Å². The molecule has 2 aromatic rings. The fourth-order valence-corrected chi connectivity index (χ4v) is 1.53. The van der Waals surface area contributed by atoms with Gasteiger partial charge >= 0.3 is 5.69 Å². The van der Waals surface area contributed by atoms with Gasteiger partial charge in [0.15, 0.2) is 0 Å². The van der Waals surface area contributed by atoms with E-state index in [1.54, 1.807) is 24.3 Å². The first-order chi connectivity index (χ1) is 9.10. The minimum atomic E-state index is -0.578. The molecule has 0 amide bonds. The van der Waals surface area contributed by atoms with Gasteiger partial charge in [-0.2, -0.15) is 0 Å². The molecule has 0 radical (unpaired) electrons. The lowest BCUT2D eigenvalue weighted by Crippen LogP contribution is -2.01. The maximum absolute atomic E-state index is 10.6. The van der Waals surface area contributed by atoms with E-state index in [-0.39, 0.29) is 11.5 Å². The highest BCUT2D eigenvalue weighted by Crippen LogP contribution is 2.23. The van der Waals surface area contributed by atoms with E-state index >= 15 is 0 Å². The van der Waals surface area contributed by atoms with Crippen molar-refractivity contribution < 1.29 is 4.92 Å². The number of nitrogens with one attached hydrogen (secondary N) is 1. The quantitative estimate of drug-likeness (QED) is 0.498. The second-order valence-corrected chi connectivity index (χ2v) is 3.71. The van der Waals surface area contributed by atoms with Gasteiger partial charge in [0.05, 0.1) is 4.92 Å². The maximum Gasteiger partial charge on any atom is 0.311 e. The van der Waals surface area contributed by atoms with Crippen molar-refractivity contribution in [2.45, 2.75) is 0 Å². The fraction of sp³-hybridized carbons (Fsp3) is 0. The van der Waals surface area contributed by atoms with Crippen LogP contribution in [0.1, 0.15) is 5.56 Å². The van der Waals surface area contributed by atoms with Gasteiger partial charge in [0.25, 0.3) is 0 Å². The first-order valence-electron chi connectivity index (χ1n) is 5.35. The predicted octanol–water partition coefficient (Wildman–Crippen LogP) is 2.30. The van der Waals surface area contributed by atoms with Crippen molar-refractivity contribution in [1.29, 1.82) is 0 Å². The number of nitrogens with zero attached hydrogens (tertiary/aromatic N) is 2. The first-order valence-corrected chi connectivity index (χ1v) is 5.35. The number of anilines is 3. The van der Waals surface area contributed by atoms with Crippen LogP contribution < -0.4 is 11.1 Å². The number of nitro groups is 1. The van der Waals surface area contributed by atoms with Gasteiger partial charge in [0.1, 0.15) is 5.82 Å². The van der Waals surface area contributed by atoms with E-state index in [0.29, 0.717) is 5.82 Å². The van der Waals surface area contributed by atoms with Gasteiger partial charge in [-0.15, -0.1) is 6.42 Å². The van der Waals surface area contributed by atoms with Crippen LogP contribution in [0.5, 0.6) is 0 Å². The summed E-state index contributed by atoms with van der Waals surface area (Å²) in [4.78, 5) is 14.0. The standard InChI is InChI=1S/C13H10N4O2/c1-2-9-4-3-5-10(8-9)15-12-7-6-11(17(18)19)13(14)16-12/h1,3-8H,(H3,14,15,16). The third-order valence-electron chi connectivity index (χ3n) is 2.40. The number of terminal acetylenes is 1. The number of benzene rings is 1. The molecule has 0 aliphatic heterocycles. The Hall–Kier alpha value is -3.07. The Balaban J connectivity index is 2.26. The second kappa shape index (κ2) is 5.06. The number of aromatic nitrogens is 1. The third-order valence-corrected chi connectivity index (χ3v) is 2.40. The molecule has 3 N–H and O–H groups in total. The Morgan fingerprint density at radius 1 is 1.37 bits per heavy atom. The molecule has 0 aliphatic carbocycles. The smallest absolute Gasteiger partial charge is 0.311 e. The molecular formula is C13H10N4O2. The van der Waals surface area contributed by atoms with Gasteiger partial charge in [-0.25, -0.2) is 4.98 Å². The molecule has 0 saturated heterocycles. The van der Waals surface area contributed by atoms with E-state index in [0.717, 1.165) is 11.3 Å². The van der Waals surface area contributed by atoms with Gasteiger partial charge < -0.3 is 11.1 Å². The van der Waals surface area contributed by atoms with Crippen LogP contribution in [0.3, 0.4) is 0 Å². The molecule has 6 nitrogen and oxygen atoms in total. The normalized spacial score (nSPS) is 9.63. The molecule has 0 unspecified atom stereocenters. The molecule has 0 bridgehead atoms. The van der Waals surface area contributed by atoms with E-state index in [2.05, 4.69) is 16.2 Å². The van der Waals surface area contributed by atoms with Crippen LogP contribution in [-0.2, 0) is 0 Å². The molecule has 0 aliphatic rings. The molecule has 19 heavy (non-hydrogen) atoms. The zero-order chi connectivity index (χ0) is 13.8. The summed E-state index contributed by atoms with van der Waals surface area (Å²) in [5.41, 5.74) is 6.74. The monoisotopic (exact) mass is 254 g/mol. The second-order valence-electron chi connectivity index (χ2n) is 3.71. The predicted molar refractivity (Wildman–Crippen MR) is 73.0 cm³/mol. The average Bonchev–Trinajstić information content (AvgIpc) is 2.38. The van der Waals surface area contributed by atoms with Gasteiger partial charge in [-0.1, -0.05) is 12.0 Å². The Morgan fingerprint density at radius 3 is 2.79 bits per heavy atom. The van der Waals surface area contributed by atoms with Crippen LogP contribution in [0.25, 0.3) is 0 Å². The van der Waals surface area contributed by atoms with Gasteiger partial charge in [0.2, 0.25) is 5.82 Å². The molecule has 0 saturated carbocycles. The summed E-state index contributed by atoms with van der Waals surface area (Å²) in [5, 5.41) is 13.6. The zero-order valence-corrected chi connectivity index (χ0v) is 9.83. The summed E-state index contributed by atoms with van der Waals surface area (Å²) in [6, 6.07) is 9.95. The highest BCUT2D eigenvalue weighted by molar-refractivity contribution is 5.63. The number of rotatable bonds is 3. The Bertz CT molecular complexity index is 677. The lowest BCUT2D eigenvalue weighted by Gasteiger charge is -2.06. The topological polar surface area (TPSA) is 94.1 Å². The SMILES string of the molecule is C#Cc1cccc(Nc2ccc([N+](=O)[O-])c(N)n2)c1. The number of nitrogen functional groups attached to an aromatic ring is 1. The summed E-state index contributed by atoms with van der Waals surface area (Å²) < 4.78 is 0. The van der Waals surface area contributed by atoms with E-state index in [4.69, 9.17) is 12.2 Å². The summed E-state index contributed by atoms with van der Waals surface area (Å²) >= 11 is 0.